The van der Waals surface area contributed by atoms with E-state index < -0.39 is 0 Å². The van der Waals surface area contributed by atoms with Gasteiger partial charge >= 0.3 is 0 Å². The van der Waals surface area contributed by atoms with E-state index >= 15 is 0 Å². The molecule has 0 atom stereocenters. The molecule has 5 nitrogen and oxygen atoms in total. The minimum Gasteiger partial charge on any atom is -0.356 e. The predicted octanol–water partition coefficient (Wildman–Crippen LogP) is 4.76. The highest BCUT2D eigenvalue weighted by atomic mass is 32.1. The van der Waals surface area contributed by atoms with Crippen molar-refractivity contribution < 1.29 is 9.59 Å². The Labute approximate surface area is 181 Å². The molecule has 1 aromatic heterocycles. The Balaban J connectivity index is 1.49. The lowest BCUT2D eigenvalue weighted by Gasteiger charge is -2.04. The first-order chi connectivity index (χ1) is 14.5. The highest BCUT2D eigenvalue weighted by Gasteiger charge is 2.09. The normalized spacial score (nSPS) is 10.6. The summed E-state index contributed by atoms with van der Waals surface area (Å²) in [6.45, 7) is 4.28. The summed E-state index contributed by atoms with van der Waals surface area (Å²) in [5, 5.41) is 8.30. The van der Waals surface area contributed by atoms with Crippen molar-refractivity contribution >= 4 is 28.3 Å². The minimum absolute atomic E-state index is 0.00642. The van der Waals surface area contributed by atoms with Gasteiger partial charge in [-0.05, 0) is 37.3 Å². The number of hydrogen-bond donors (Lipinski definition) is 2. The summed E-state index contributed by atoms with van der Waals surface area (Å²) in [6, 6.07) is 16.5. The third kappa shape index (κ3) is 6.81. The van der Waals surface area contributed by atoms with Crippen LogP contribution < -0.4 is 10.6 Å². The van der Waals surface area contributed by atoms with Gasteiger partial charge in [-0.3, -0.25) is 9.59 Å². The van der Waals surface area contributed by atoms with E-state index in [-0.39, 0.29) is 11.8 Å². The summed E-state index contributed by atoms with van der Waals surface area (Å²) in [6.07, 6.45) is 2.98. The molecule has 6 heteroatoms. The van der Waals surface area contributed by atoms with Crippen LogP contribution in [0.1, 0.15) is 36.5 Å². The van der Waals surface area contributed by atoms with Gasteiger partial charge < -0.3 is 10.6 Å². The van der Waals surface area contributed by atoms with E-state index in [0.717, 1.165) is 30.5 Å². The monoisotopic (exact) mass is 421 g/mol. The van der Waals surface area contributed by atoms with Crippen molar-refractivity contribution in [2.75, 3.05) is 11.9 Å². The Morgan fingerprint density at radius 1 is 1.03 bits per heavy atom. The number of nitrogens with one attached hydrogen (secondary N) is 2. The molecule has 3 aromatic rings. The number of carbonyl (C=O) groups is 2. The number of thiazole rings is 1. The van der Waals surface area contributed by atoms with Crippen molar-refractivity contribution in [3.63, 3.8) is 0 Å². The first kappa shape index (κ1) is 21.7. The second-order valence-electron chi connectivity index (χ2n) is 7.36. The van der Waals surface area contributed by atoms with Gasteiger partial charge in [-0.25, -0.2) is 4.98 Å². The average Bonchev–Trinajstić information content (AvgIpc) is 3.18. The molecule has 0 bridgehead atoms. The number of benzene rings is 2. The minimum atomic E-state index is -0.0214. The van der Waals surface area contributed by atoms with Gasteiger partial charge in [0.2, 0.25) is 11.8 Å². The van der Waals surface area contributed by atoms with Gasteiger partial charge in [-0.1, -0.05) is 54.1 Å². The standard InChI is InChI=1S/C24H27N3O2S/c1-17-5-3-6-20(15-17)10-13-23(29)27-24-26-22(16-30-24)21-11-8-19(9-12-21)7-4-14-25-18(2)28/h3,5-6,8-9,11-12,15-16H,4,7,10,13-14H2,1-2H3,(H,25,28)(H,26,27,29). The molecule has 156 valence electrons. The lowest BCUT2D eigenvalue weighted by Crippen LogP contribution is -2.21. The zero-order valence-electron chi connectivity index (χ0n) is 17.4. The Hall–Kier alpha value is -2.99. The highest BCUT2D eigenvalue weighted by molar-refractivity contribution is 7.14. The van der Waals surface area contributed by atoms with Gasteiger partial charge in [0.25, 0.3) is 0 Å². The van der Waals surface area contributed by atoms with Crippen molar-refractivity contribution in [3.8, 4) is 11.3 Å². The van der Waals surface area contributed by atoms with Crippen LogP contribution in [-0.4, -0.2) is 23.3 Å². The Bertz CT molecular complexity index is 996. The van der Waals surface area contributed by atoms with E-state index in [4.69, 9.17) is 0 Å². The fourth-order valence-electron chi connectivity index (χ4n) is 3.17. The summed E-state index contributed by atoms with van der Waals surface area (Å²) >= 11 is 1.44. The molecular formula is C24H27N3O2S. The summed E-state index contributed by atoms with van der Waals surface area (Å²) < 4.78 is 0. The third-order valence-electron chi connectivity index (χ3n) is 4.74. The fourth-order valence-corrected chi connectivity index (χ4v) is 3.91. The zero-order chi connectivity index (χ0) is 21.3. The van der Waals surface area contributed by atoms with Crippen molar-refractivity contribution in [1.82, 2.24) is 10.3 Å². The van der Waals surface area contributed by atoms with Crippen molar-refractivity contribution in [2.24, 2.45) is 0 Å². The van der Waals surface area contributed by atoms with Crippen LogP contribution in [0.4, 0.5) is 5.13 Å². The van der Waals surface area contributed by atoms with Crippen LogP contribution in [-0.2, 0) is 22.4 Å². The van der Waals surface area contributed by atoms with Crippen LogP contribution in [0.2, 0.25) is 0 Å². The topological polar surface area (TPSA) is 71.1 Å². The van der Waals surface area contributed by atoms with Gasteiger partial charge in [0, 0.05) is 30.8 Å². The quantitative estimate of drug-likeness (QED) is 0.490. The number of rotatable bonds is 9. The lowest BCUT2D eigenvalue weighted by molar-refractivity contribution is -0.119. The van der Waals surface area contributed by atoms with E-state index in [2.05, 4.69) is 46.8 Å². The number of aromatic nitrogens is 1. The summed E-state index contributed by atoms with van der Waals surface area (Å²) in [5.74, 6) is -0.0149. The molecule has 0 radical (unpaired) electrons. The smallest absolute Gasteiger partial charge is 0.226 e. The van der Waals surface area contributed by atoms with Gasteiger partial charge in [0.1, 0.15) is 0 Å². The first-order valence-corrected chi connectivity index (χ1v) is 11.0. The van der Waals surface area contributed by atoms with Gasteiger partial charge in [-0.15, -0.1) is 11.3 Å². The fraction of sp³-hybridized carbons (Fsp3) is 0.292. The highest BCUT2D eigenvalue weighted by Crippen LogP contribution is 2.25. The molecule has 0 saturated carbocycles. The number of anilines is 1. The molecule has 0 aliphatic carbocycles. The number of carbonyl (C=O) groups excluding carboxylic acids is 2. The van der Waals surface area contributed by atoms with E-state index in [1.165, 1.54) is 35.0 Å². The van der Waals surface area contributed by atoms with Crippen LogP contribution in [0.25, 0.3) is 11.3 Å². The maximum Gasteiger partial charge on any atom is 0.226 e. The molecule has 0 aliphatic heterocycles. The molecule has 2 amide bonds. The van der Waals surface area contributed by atoms with Crippen LogP contribution in [0.15, 0.2) is 53.9 Å². The average molecular weight is 422 g/mol. The molecule has 0 fully saturated rings. The third-order valence-corrected chi connectivity index (χ3v) is 5.50. The van der Waals surface area contributed by atoms with Gasteiger partial charge in [0.15, 0.2) is 5.13 Å². The maximum absolute atomic E-state index is 12.3. The van der Waals surface area contributed by atoms with Gasteiger partial charge in [0.05, 0.1) is 5.69 Å². The molecule has 2 N–H and O–H groups in total. The Kier molecular flexibility index (Phi) is 7.74. The van der Waals surface area contributed by atoms with Crippen molar-refractivity contribution in [1.29, 1.82) is 0 Å². The van der Waals surface area contributed by atoms with Gasteiger partial charge in [-0.2, -0.15) is 0 Å². The van der Waals surface area contributed by atoms with Crippen LogP contribution in [0.3, 0.4) is 0 Å². The molecule has 3 rings (SSSR count). The second-order valence-corrected chi connectivity index (χ2v) is 8.22. The van der Waals surface area contributed by atoms with Crippen LogP contribution in [0.5, 0.6) is 0 Å². The van der Waals surface area contributed by atoms with Crippen molar-refractivity contribution in [2.45, 2.75) is 39.5 Å². The molecule has 0 unspecified atom stereocenters. The summed E-state index contributed by atoms with van der Waals surface area (Å²) in [4.78, 5) is 27.7. The molecule has 0 aliphatic rings. The summed E-state index contributed by atoms with van der Waals surface area (Å²) in [7, 11) is 0. The lowest BCUT2D eigenvalue weighted by atomic mass is 10.1. The number of nitrogens with zero attached hydrogens (tertiary/aromatic N) is 1. The molecule has 0 spiro atoms. The molecule has 1 heterocycles. The summed E-state index contributed by atoms with van der Waals surface area (Å²) in [5.41, 5.74) is 5.48. The molecule has 0 saturated heterocycles. The molecule has 30 heavy (non-hydrogen) atoms. The van der Waals surface area contributed by atoms with Crippen LogP contribution in [0, 0.1) is 6.92 Å². The predicted molar refractivity (Wildman–Crippen MR) is 123 cm³/mol. The van der Waals surface area contributed by atoms with E-state index in [9.17, 15) is 9.59 Å². The van der Waals surface area contributed by atoms with Crippen molar-refractivity contribution in [3.05, 3.63) is 70.6 Å². The number of amides is 2. The number of hydrogen-bond acceptors (Lipinski definition) is 4. The number of aryl methyl sites for hydroxylation is 3. The first-order valence-electron chi connectivity index (χ1n) is 10.1. The van der Waals surface area contributed by atoms with Crippen LogP contribution >= 0.6 is 11.3 Å². The van der Waals surface area contributed by atoms with E-state index in [0.29, 0.717) is 18.1 Å². The molecular weight excluding hydrogens is 394 g/mol. The largest absolute Gasteiger partial charge is 0.356 e. The zero-order valence-corrected chi connectivity index (χ0v) is 18.2. The Morgan fingerprint density at radius 2 is 1.83 bits per heavy atom. The van der Waals surface area contributed by atoms with E-state index in [1.54, 1.807) is 0 Å². The Morgan fingerprint density at radius 3 is 2.57 bits per heavy atom. The maximum atomic E-state index is 12.3. The van der Waals surface area contributed by atoms with E-state index in [1.807, 2.05) is 29.6 Å². The second kappa shape index (κ2) is 10.7. The molecule has 2 aromatic carbocycles. The SMILES string of the molecule is CC(=O)NCCCc1ccc(-c2csc(NC(=O)CCc3cccc(C)c3)n2)cc1.